The number of sulfonamides is 1. The molecule has 1 saturated heterocycles. The summed E-state index contributed by atoms with van der Waals surface area (Å²) in [5, 5.41) is 12.8. The van der Waals surface area contributed by atoms with E-state index in [-0.39, 0.29) is 23.2 Å². The van der Waals surface area contributed by atoms with E-state index >= 15 is 0 Å². The van der Waals surface area contributed by atoms with Crippen LogP contribution in [0.3, 0.4) is 0 Å². The third-order valence-electron chi connectivity index (χ3n) is 2.95. The maximum atomic E-state index is 12.2. The van der Waals surface area contributed by atoms with Crippen molar-refractivity contribution in [1.82, 2.24) is 14.1 Å². The predicted molar refractivity (Wildman–Crippen MR) is 61.6 cm³/mol. The molecule has 8 heteroatoms. The smallest absolute Gasteiger partial charge is 0.248 e. The van der Waals surface area contributed by atoms with Gasteiger partial charge in [-0.15, -0.1) is 0 Å². The molecule has 1 fully saturated rings. The molecular weight excluding hydrogens is 244 g/mol. The molecule has 0 aliphatic carbocycles. The second-order valence-electron chi connectivity index (χ2n) is 4.25. The molecule has 1 aliphatic rings. The Morgan fingerprint density at radius 2 is 2.35 bits per heavy atom. The molecular formula is C9H16N4O3S. The number of aryl methyl sites for hydroxylation is 1. The molecule has 1 aromatic rings. The Labute approximate surface area is 99.9 Å². The van der Waals surface area contributed by atoms with Crippen LogP contribution in [0.15, 0.2) is 11.1 Å². The van der Waals surface area contributed by atoms with Gasteiger partial charge in [0, 0.05) is 32.9 Å². The van der Waals surface area contributed by atoms with Gasteiger partial charge in [0.25, 0.3) is 0 Å². The summed E-state index contributed by atoms with van der Waals surface area (Å²) in [6, 6.07) is 0. The summed E-state index contributed by atoms with van der Waals surface area (Å²) in [5.41, 5.74) is 5.58. The van der Waals surface area contributed by atoms with Crippen LogP contribution in [0.25, 0.3) is 0 Å². The Hall–Kier alpha value is -1.12. The number of anilines is 1. The van der Waals surface area contributed by atoms with E-state index in [4.69, 9.17) is 10.8 Å². The summed E-state index contributed by atoms with van der Waals surface area (Å²) in [4.78, 5) is 0.0404. The van der Waals surface area contributed by atoms with Gasteiger partial charge in [0.05, 0.1) is 0 Å². The zero-order chi connectivity index (χ0) is 12.6. The number of nitrogens with two attached hydrogens (primary N) is 1. The molecule has 1 aromatic heterocycles. The molecule has 0 amide bonds. The number of rotatable bonds is 3. The Bertz CT molecular complexity index is 510. The molecule has 2 rings (SSSR count). The molecule has 7 nitrogen and oxygen atoms in total. The second-order valence-corrected chi connectivity index (χ2v) is 6.16. The normalized spacial score (nSPS) is 22.1. The highest BCUT2D eigenvalue weighted by atomic mass is 32.2. The van der Waals surface area contributed by atoms with Gasteiger partial charge >= 0.3 is 0 Å². The first-order chi connectivity index (χ1) is 7.95. The van der Waals surface area contributed by atoms with E-state index in [1.165, 1.54) is 15.2 Å². The molecule has 96 valence electrons. The van der Waals surface area contributed by atoms with Crippen LogP contribution in [0.2, 0.25) is 0 Å². The van der Waals surface area contributed by atoms with Crippen LogP contribution in [-0.4, -0.2) is 47.3 Å². The highest BCUT2D eigenvalue weighted by Gasteiger charge is 2.34. The van der Waals surface area contributed by atoms with Crippen LogP contribution >= 0.6 is 0 Å². The molecule has 0 spiro atoms. The van der Waals surface area contributed by atoms with Crippen molar-refractivity contribution in [2.45, 2.75) is 11.3 Å². The van der Waals surface area contributed by atoms with Crippen molar-refractivity contribution >= 4 is 15.8 Å². The minimum atomic E-state index is -3.58. The van der Waals surface area contributed by atoms with Gasteiger partial charge < -0.3 is 10.8 Å². The summed E-state index contributed by atoms with van der Waals surface area (Å²) in [6.45, 7) is 0.767. The van der Waals surface area contributed by atoms with Crippen LogP contribution in [0.4, 0.5) is 5.82 Å². The van der Waals surface area contributed by atoms with E-state index in [0.717, 1.165) is 0 Å². The number of hydrogen-bond donors (Lipinski definition) is 2. The van der Waals surface area contributed by atoms with Crippen LogP contribution in [0.5, 0.6) is 0 Å². The van der Waals surface area contributed by atoms with Gasteiger partial charge in [-0.25, -0.2) is 8.42 Å². The topological polar surface area (TPSA) is 101 Å². The van der Waals surface area contributed by atoms with Crippen molar-refractivity contribution in [1.29, 1.82) is 0 Å². The van der Waals surface area contributed by atoms with Gasteiger partial charge in [-0.2, -0.15) is 9.40 Å². The number of aliphatic hydroxyl groups excluding tert-OH is 1. The lowest BCUT2D eigenvalue weighted by atomic mass is 10.1. The molecule has 0 aromatic carbocycles. The largest absolute Gasteiger partial charge is 0.396 e. The molecule has 0 bridgehead atoms. The van der Waals surface area contributed by atoms with Crippen LogP contribution in [0.1, 0.15) is 6.42 Å². The van der Waals surface area contributed by atoms with E-state index in [1.807, 2.05) is 0 Å². The average molecular weight is 260 g/mol. The lowest BCUT2D eigenvalue weighted by Crippen LogP contribution is -2.29. The van der Waals surface area contributed by atoms with E-state index in [1.54, 1.807) is 7.05 Å². The van der Waals surface area contributed by atoms with E-state index < -0.39 is 10.0 Å². The summed E-state index contributed by atoms with van der Waals surface area (Å²) in [5.74, 6) is 0.0302. The maximum Gasteiger partial charge on any atom is 0.248 e. The van der Waals surface area contributed by atoms with E-state index in [2.05, 4.69) is 5.10 Å². The minimum Gasteiger partial charge on any atom is -0.396 e. The lowest BCUT2D eigenvalue weighted by Gasteiger charge is -2.15. The van der Waals surface area contributed by atoms with Gasteiger partial charge in [0.1, 0.15) is 4.90 Å². The van der Waals surface area contributed by atoms with Gasteiger partial charge in [-0.05, 0) is 12.3 Å². The number of nitrogen functional groups attached to an aromatic ring is 1. The molecule has 2 heterocycles. The van der Waals surface area contributed by atoms with Gasteiger partial charge in [0.2, 0.25) is 10.0 Å². The Kier molecular flexibility index (Phi) is 3.11. The standard InChI is InChI=1S/C9H16N4O3S/c1-12-5-8(9(10)11-12)17(15,16)13-3-2-7(4-13)6-14/h5,7,14H,2-4,6H2,1H3,(H2,10,11). The molecule has 1 atom stereocenters. The summed E-state index contributed by atoms with van der Waals surface area (Å²) >= 11 is 0. The number of nitrogens with zero attached hydrogens (tertiary/aromatic N) is 3. The fraction of sp³-hybridized carbons (Fsp3) is 0.667. The second kappa shape index (κ2) is 4.28. The summed E-state index contributed by atoms with van der Waals surface area (Å²) in [7, 11) is -1.96. The highest BCUT2D eigenvalue weighted by molar-refractivity contribution is 7.89. The third kappa shape index (κ3) is 2.15. The summed E-state index contributed by atoms with van der Waals surface area (Å²) < 4.78 is 27.2. The van der Waals surface area contributed by atoms with E-state index in [0.29, 0.717) is 19.5 Å². The third-order valence-corrected chi connectivity index (χ3v) is 4.83. The van der Waals surface area contributed by atoms with Crippen molar-refractivity contribution in [2.24, 2.45) is 13.0 Å². The summed E-state index contributed by atoms with van der Waals surface area (Å²) in [6.07, 6.45) is 2.08. The average Bonchev–Trinajstić information content (AvgIpc) is 2.85. The molecule has 0 radical (unpaired) electrons. The van der Waals surface area contributed by atoms with Crippen LogP contribution in [-0.2, 0) is 17.1 Å². The maximum absolute atomic E-state index is 12.2. The zero-order valence-corrected chi connectivity index (χ0v) is 10.4. The number of aliphatic hydroxyl groups is 1. The van der Waals surface area contributed by atoms with Crippen LogP contribution < -0.4 is 5.73 Å². The van der Waals surface area contributed by atoms with Crippen molar-refractivity contribution < 1.29 is 13.5 Å². The van der Waals surface area contributed by atoms with Crippen LogP contribution in [0, 0.1) is 5.92 Å². The fourth-order valence-electron chi connectivity index (χ4n) is 1.99. The van der Waals surface area contributed by atoms with Crippen molar-refractivity contribution in [2.75, 3.05) is 25.4 Å². The van der Waals surface area contributed by atoms with Gasteiger partial charge in [0.15, 0.2) is 5.82 Å². The van der Waals surface area contributed by atoms with Crippen molar-refractivity contribution in [3.05, 3.63) is 6.20 Å². The number of hydrogen-bond acceptors (Lipinski definition) is 5. The predicted octanol–water partition coefficient (Wildman–Crippen LogP) is -0.995. The molecule has 1 unspecified atom stereocenters. The zero-order valence-electron chi connectivity index (χ0n) is 9.57. The van der Waals surface area contributed by atoms with Gasteiger partial charge in [-0.1, -0.05) is 0 Å². The first kappa shape index (κ1) is 12.3. The van der Waals surface area contributed by atoms with Crippen molar-refractivity contribution in [3.63, 3.8) is 0 Å². The monoisotopic (exact) mass is 260 g/mol. The van der Waals surface area contributed by atoms with E-state index in [9.17, 15) is 8.42 Å². The molecule has 0 saturated carbocycles. The molecule has 3 N–H and O–H groups in total. The van der Waals surface area contributed by atoms with Crippen molar-refractivity contribution in [3.8, 4) is 0 Å². The molecule has 17 heavy (non-hydrogen) atoms. The first-order valence-electron chi connectivity index (χ1n) is 5.35. The Morgan fingerprint density at radius 3 is 2.82 bits per heavy atom. The van der Waals surface area contributed by atoms with Gasteiger partial charge in [-0.3, -0.25) is 4.68 Å². The highest BCUT2D eigenvalue weighted by Crippen LogP contribution is 2.26. The Balaban J connectivity index is 2.28. The SMILES string of the molecule is Cn1cc(S(=O)(=O)N2CCC(CO)C2)c(N)n1. The lowest BCUT2D eigenvalue weighted by molar-refractivity contribution is 0.233. The number of aromatic nitrogens is 2. The quantitative estimate of drug-likeness (QED) is 0.726. The minimum absolute atomic E-state index is 0.00847. The fourth-order valence-corrected chi connectivity index (χ4v) is 3.61. The first-order valence-corrected chi connectivity index (χ1v) is 6.79. The molecule has 1 aliphatic heterocycles. The Morgan fingerprint density at radius 1 is 1.65 bits per heavy atom.